The van der Waals surface area contributed by atoms with Crippen molar-refractivity contribution in [2.45, 2.75) is 31.8 Å². The van der Waals surface area contributed by atoms with Crippen LogP contribution >= 0.6 is 11.3 Å². The van der Waals surface area contributed by atoms with Gasteiger partial charge in [-0.3, -0.25) is 14.9 Å². The van der Waals surface area contributed by atoms with Crippen LogP contribution in [-0.4, -0.2) is 29.1 Å². The minimum absolute atomic E-state index is 0.154. The summed E-state index contributed by atoms with van der Waals surface area (Å²) in [5.74, 6) is -0.506. The number of anilines is 1. The van der Waals surface area contributed by atoms with Crippen molar-refractivity contribution in [3.05, 3.63) is 87.6 Å². The second-order valence-electron chi connectivity index (χ2n) is 8.08. The standard InChI is InChI=1S/C25H26N6O2S/c26-12-19(13-27)16-4-2-6-18(10-16)23(32)29-14-15-3-1-5-17(9-15)24(33)31-25-30-21-8-7-20(28)11-22(21)34-25/h1-6,9-10,12-13,20,26H,7-8,11,14,27-28H2,(H,29,32)(H,30,31,33)/b19-13+,26-12?/t20-/m0/s1. The molecule has 0 unspecified atom stereocenters. The van der Waals surface area contributed by atoms with Crippen LogP contribution in [-0.2, 0) is 19.4 Å². The molecule has 0 bridgehead atoms. The van der Waals surface area contributed by atoms with E-state index in [9.17, 15) is 9.59 Å². The number of aromatic nitrogens is 1. The summed E-state index contributed by atoms with van der Waals surface area (Å²) in [6.07, 6.45) is 5.02. The Morgan fingerprint density at radius 2 is 1.85 bits per heavy atom. The highest BCUT2D eigenvalue weighted by Crippen LogP contribution is 2.29. The second kappa shape index (κ2) is 10.4. The molecule has 9 heteroatoms. The number of carbonyl (C=O) groups is 2. The average molecular weight is 475 g/mol. The zero-order valence-corrected chi connectivity index (χ0v) is 19.3. The normalized spacial score (nSPS) is 15.3. The Kier molecular flexibility index (Phi) is 7.15. The van der Waals surface area contributed by atoms with Crippen LogP contribution in [0.5, 0.6) is 0 Å². The molecule has 0 saturated heterocycles. The molecule has 1 atom stereocenters. The molecule has 1 heterocycles. The van der Waals surface area contributed by atoms with Gasteiger partial charge in [-0.25, -0.2) is 4.98 Å². The summed E-state index contributed by atoms with van der Waals surface area (Å²) in [6, 6.07) is 14.2. The zero-order valence-electron chi connectivity index (χ0n) is 18.5. The lowest BCUT2D eigenvalue weighted by Gasteiger charge is -2.15. The molecule has 0 aliphatic heterocycles. The molecular formula is C25H26N6O2S. The molecular weight excluding hydrogens is 448 g/mol. The van der Waals surface area contributed by atoms with Gasteiger partial charge in [0.2, 0.25) is 0 Å². The third-order valence-electron chi connectivity index (χ3n) is 5.63. The maximum absolute atomic E-state index is 12.8. The molecule has 0 fully saturated rings. The largest absolute Gasteiger partial charge is 0.404 e. The number of nitrogens with two attached hydrogens (primary N) is 2. The molecule has 1 aliphatic carbocycles. The number of allylic oxidation sites excluding steroid dienone is 1. The highest BCUT2D eigenvalue weighted by atomic mass is 32.1. The van der Waals surface area contributed by atoms with Gasteiger partial charge in [-0.05, 0) is 54.7 Å². The Hall–Kier alpha value is -3.82. The van der Waals surface area contributed by atoms with Gasteiger partial charge in [-0.15, -0.1) is 11.3 Å². The minimum atomic E-state index is -0.260. The first-order chi connectivity index (χ1) is 16.5. The van der Waals surface area contributed by atoms with Crippen molar-refractivity contribution in [3.63, 3.8) is 0 Å². The molecule has 34 heavy (non-hydrogen) atoms. The molecule has 4 rings (SSSR count). The van der Waals surface area contributed by atoms with E-state index in [4.69, 9.17) is 16.9 Å². The second-order valence-corrected chi connectivity index (χ2v) is 9.16. The van der Waals surface area contributed by atoms with E-state index in [1.54, 1.807) is 42.5 Å². The smallest absolute Gasteiger partial charge is 0.257 e. The number of carbonyl (C=O) groups excluding carboxylic acids is 2. The summed E-state index contributed by atoms with van der Waals surface area (Å²) in [4.78, 5) is 31.1. The van der Waals surface area contributed by atoms with E-state index >= 15 is 0 Å². The van der Waals surface area contributed by atoms with Gasteiger partial charge < -0.3 is 22.2 Å². The minimum Gasteiger partial charge on any atom is -0.404 e. The predicted molar refractivity (Wildman–Crippen MR) is 135 cm³/mol. The van der Waals surface area contributed by atoms with Gasteiger partial charge in [0.1, 0.15) is 0 Å². The fraction of sp³-hybridized carbons (Fsp3) is 0.200. The fourth-order valence-electron chi connectivity index (χ4n) is 3.80. The Bertz CT molecular complexity index is 1270. The van der Waals surface area contributed by atoms with Gasteiger partial charge in [0.05, 0.1) is 5.69 Å². The van der Waals surface area contributed by atoms with E-state index in [1.807, 2.05) is 6.07 Å². The SMILES string of the molecule is N=C/C(=C\N)c1cccc(C(=O)NCc2cccc(C(=O)Nc3nc4c(s3)C[C@@H](N)CC4)c2)c1. The molecule has 0 saturated carbocycles. The number of nitrogens with one attached hydrogen (secondary N) is 3. The van der Waals surface area contributed by atoms with Crippen molar-refractivity contribution in [2.24, 2.45) is 11.5 Å². The summed E-state index contributed by atoms with van der Waals surface area (Å²) >= 11 is 1.48. The Morgan fingerprint density at radius 3 is 2.62 bits per heavy atom. The Balaban J connectivity index is 1.39. The van der Waals surface area contributed by atoms with E-state index in [-0.39, 0.29) is 24.4 Å². The molecule has 1 aliphatic rings. The van der Waals surface area contributed by atoms with E-state index in [0.29, 0.717) is 27.4 Å². The first-order valence-electron chi connectivity index (χ1n) is 10.9. The van der Waals surface area contributed by atoms with Crippen molar-refractivity contribution < 1.29 is 9.59 Å². The number of hydrogen-bond acceptors (Lipinski definition) is 7. The monoisotopic (exact) mass is 474 g/mol. The van der Waals surface area contributed by atoms with Gasteiger partial charge in [-0.1, -0.05) is 24.3 Å². The van der Waals surface area contributed by atoms with Crippen LogP contribution in [0.4, 0.5) is 5.13 Å². The summed E-state index contributed by atoms with van der Waals surface area (Å²) < 4.78 is 0. The predicted octanol–water partition coefficient (Wildman–Crippen LogP) is 3.09. The number of aryl methyl sites for hydroxylation is 1. The summed E-state index contributed by atoms with van der Waals surface area (Å²) in [6.45, 7) is 0.262. The van der Waals surface area contributed by atoms with Crippen LogP contribution in [0.1, 0.15) is 48.8 Å². The average Bonchev–Trinajstić information content (AvgIpc) is 3.25. The third kappa shape index (κ3) is 5.38. The molecule has 0 spiro atoms. The van der Waals surface area contributed by atoms with Gasteiger partial charge in [0, 0.05) is 46.6 Å². The van der Waals surface area contributed by atoms with Gasteiger partial charge >= 0.3 is 0 Å². The Morgan fingerprint density at radius 1 is 1.12 bits per heavy atom. The molecule has 0 radical (unpaired) electrons. The highest BCUT2D eigenvalue weighted by Gasteiger charge is 2.21. The molecule has 7 N–H and O–H groups in total. The molecule has 174 valence electrons. The number of hydrogen-bond donors (Lipinski definition) is 5. The van der Waals surface area contributed by atoms with E-state index in [1.165, 1.54) is 17.5 Å². The van der Waals surface area contributed by atoms with E-state index < -0.39 is 0 Å². The van der Waals surface area contributed by atoms with Crippen molar-refractivity contribution in [3.8, 4) is 0 Å². The number of benzene rings is 2. The molecule has 2 aromatic carbocycles. The zero-order chi connectivity index (χ0) is 24.1. The van der Waals surface area contributed by atoms with E-state index in [2.05, 4.69) is 15.6 Å². The van der Waals surface area contributed by atoms with Gasteiger partial charge in [0.15, 0.2) is 5.13 Å². The first kappa shape index (κ1) is 23.3. The lowest BCUT2D eigenvalue weighted by Crippen LogP contribution is -2.27. The molecule has 8 nitrogen and oxygen atoms in total. The topological polar surface area (TPSA) is 147 Å². The third-order valence-corrected chi connectivity index (χ3v) is 6.67. The number of amides is 2. The highest BCUT2D eigenvalue weighted by molar-refractivity contribution is 7.15. The maximum atomic E-state index is 12.8. The van der Waals surface area contributed by atoms with Crippen LogP contribution in [0.2, 0.25) is 0 Å². The number of rotatable bonds is 7. The van der Waals surface area contributed by atoms with Crippen LogP contribution in [0, 0.1) is 5.41 Å². The first-order valence-corrected chi connectivity index (χ1v) is 11.7. The van der Waals surface area contributed by atoms with Crippen LogP contribution in [0.3, 0.4) is 0 Å². The number of thiazole rings is 1. The summed E-state index contributed by atoms with van der Waals surface area (Å²) in [5, 5.41) is 13.8. The molecule has 3 aromatic rings. The van der Waals surface area contributed by atoms with Crippen molar-refractivity contribution in [1.29, 1.82) is 5.41 Å². The lowest BCUT2D eigenvalue weighted by molar-refractivity contribution is 0.0950. The van der Waals surface area contributed by atoms with E-state index in [0.717, 1.165) is 41.6 Å². The summed E-state index contributed by atoms with van der Waals surface area (Å²) in [5.41, 5.74) is 15.6. The summed E-state index contributed by atoms with van der Waals surface area (Å²) in [7, 11) is 0. The Labute approximate surface area is 201 Å². The lowest BCUT2D eigenvalue weighted by atomic mass is 9.99. The van der Waals surface area contributed by atoms with Crippen molar-refractivity contribution in [2.75, 3.05) is 5.32 Å². The number of fused-ring (bicyclic) bond motifs is 1. The maximum Gasteiger partial charge on any atom is 0.257 e. The van der Waals surface area contributed by atoms with Crippen LogP contribution in [0.15, 0.2) is 54.7 Å². The van der Waals surface area contributed by atoms with Gasteiger partial charge in [0.25, 0.3) is 11.8 Å². The van der Waals surface area contributed by atoms with Gasteiger partial charge in [-0.2, -0.15) is 0 Å². The molecule has 1 aromatic heterocycles. The van der Waals surface area contributed by atoms with Crippen LogP contribution < -0.4 is 22.1 Å². The molecule has 2 amide bonds. The van der Waals surface area contributed by atoms with Crippen LogP contribution in [0.25, 0.3) is 5.57 Å². The number of nitrogens with zero attached hydrogens (tertiary/aromatic N) is 1. The quantitative estimate of drug-likeness (QED) is 0.334. The van der Waals surface area contributed by atoms with Crippen molar-refractivity contribution in [1.82, 2.24) is 10.3 Å². The fourth-order valence-corrected chi connectivity index (χ4v) is 4.89. The van der Waals surface area contributed by atoms with Crippen molar-refractivity contribution >= 4 is 40.1 Å².